The fourth-order valence-corrected chi connectivity index (χ4v) is 3.02. The summed E-state index contributed by atoms with van der Waals surface area (Å²) in [5.41, 5.74) is 0. The van der Waals surface area contributed by atoms with Crippen molar-refractivity contribution in [1.82, 2.24) is 5.06 Å². The highest BCUT2D eigenvalue weighted by molar-refractivity contribution is 4.63. The molecule has 0 unspecified atom stereocenters. The van der Waals surface area contributed by atoms with Crippen LogP contribution in [0.2, 0.25) is 0 Å². The first-order valence-electron chi connectivity index (χ1n) is 10.4. The molecule has 0 heterocycles. The van der Waals surface area contributed by atoms with Crippen molar-refractivity contribution in [2.45, 2.75) is 122 Å². The van der Waals surface area contributed by atoms with E-state index in [4.69, 9.17) is 10.2 Å². The Labute approximate surface area is 150 Å². The van der Waals surface area contributed by atoms with E-state index < -0.39 is 5.91 Å². The molecule has 0 spiro atoms. The smallest absolute Gasteiger partial charge is 0.210 e. The third kappa shape index (κ3) is 16.7. The van der Waals surface area contributed by atoms with E-state index in [2.05, 4.69) is 6.92 Å². The largest absolute Gasteiger partial charge is 0.781 e. The third-order valence-electron chi connectivity index (χ3n) is 4.69. The predicted molar refractivity (Wildman–Crippen MR) is 102 cm³/mol. The number of rotatable bonds is 18. The van der Waals surface area contributed by atoms with Crippen LogP contribution < -0.4 is 0 Å². The van der Waals surface area contributed by atoms with Gasteiger partial charge < -0.3 is 20.5 Å². The van der Waals surface area contributed by atoms with Crippen LogP contribution in [0.3, 0.4) is 0 Å². The average Bonchev–Trinajstić information content (AvgIpc) is 2.53. The maximum atomic E-state index is 11.2. The fraction of sp³-hybridized carbons (Fsp3) is 1.00. The highest BCUT2D eigenvalue weighted by atomic mass is 16.6. The molecule has 0 fully saturated rings. The molecule has 0 saturated carbocycles. The monoisotopic (exact) mass is 344 g/mol. The lowest BCUT2D eigenvalue weighted by Crippen LogP contribution is -2.42. The zero-order valence-corrected chi connectivity index (χ0v) is 16.3. The third-order valence-corrected chi connectivity index (χ3v) is 4.69. The van der Waals surface area contributed by atoms with Crippen LogP contribution in [-0.2, 0) is 0 Å². The van der Waals surface area contributed by atoms with E-state index >= 15 is 0 Å². The molecule has 0 saturated heterocycles. The van der Waals surface area contributed by atoms with Crippen LogP contribution >= 0.6 is 0 Å². The van der Waals surface area contributed by atoms with Crippen LogP contribution in [-0.4, -0.2) is 27.7 Å². The molecule has 0 rings (SSSR count). The van der Waals surface area contributed by atoms with Gasteiger partial charge in [-0.15, -0.1) is 0 Å². The molecule has 0 aromatic heterocycles. The Bertz CT molecular complexity index is 254. The summed E-state index contributed by atoms with van der Waals surface area (Å²) in [5.74, 6) is -2.23. The highest BCUT2D eigenvalue weighted by Crippen LogP contribution is 2.14. The van der Waals surface area contributed by atoms with Gasteiger partial charge in [-0.05, 0) is 13.0 Å². The van der Waals surface area contributed by atoms with Gasteiger partial charge in [-0.1, -0.05) is 103 Å². The van der Waals surface area contributed by atoms with E-state index in [1.807, 2.05) is 0 Å². The van der Waals surface area contributed by atoms with Gasteiger partial charge >= 0.3 is 0 Å². The molecule has 0 aliphatic heterocycles. The lowest BCUT2D eigenvalue weighted by atomic mass is 10.0. The summed E-state index contributed by atoms with van der Waals surface area (Å²) >= 11 is 0. The van der Waals surface area contributed by atoms with Gasteiger partial charge in [-0.3, -0.25) is 0 Å². The number of nitrogens with zero attached hydrogens (tertiary/aromatic N) is 1. The van der Waals surface area contributed by atoms with E-state index in [-0.39, 0.29) is 6.54 Å². The van der Waals surface area contributed by atoms with Crippen molar-refractivity contribution in [2.75, 3.05) is 6.54 Å². The summed E-state index contributed by atoms with van der Waals surface area (Å²) in [6, 6.07) is 0. The summed E-state index contributed by atoms with van der Waals surface area (Å²) in [4.78, 5) is 0. The standard InChI is InChI=1S/C20H42NO3/c1-3-4-5-6-7-8-9-10-11-12-13-14-15-16-17-18-19-21(24)20(2,22)23/h22-23H,3-19H2,1-2H3/q-1. The van der Waals surface area contributed by atoms with Gasteiger partial charge in [-0.2, -0.15) is 0 Å². The second-order valence-electron chi connectivity index (χ2n) is 7.38. The van der Waals surface area contributed by atoms with Crippen molar-refractivity contribution >= 4 is 0 Å². The van der Waals surface area contributed by atoms with Crippen molar-refractivity contribution in [3.63, 3.8) is 0 Å². The highest BCUT2D eigenvalue weighted by Gasteiger charge is 2.15. The first-order valence-corrected chi connectivity index (χ1v) is 10.4. The Morgan fingerprint density at radius 3 is 1.21 bits per heavy atom. The van der Waals surface area contributed by atoms with Gasteiger partial charge in [0.05, 0.1) is 0 Å². The van der Waals surface area contributed by atoms with Crippen LogP contribution in [0.4, 0.5) is 0 Å². The average molecular weight is 345 g/mol. The fourth-order valence-electron chi connectivity index (χ4n) is 3.02. The van der Waals surface area contributed by atoms with Crippen molar-refractivity contribution in [2.24, 2.45) is 0 Å². The van der Waals surface area contributed by atoms with Crippen LogP contribution in [0, 0.1) is 5.21 Å². The number of unbranched alkanes of at least 4 members (excludes halogenated alkanes) is 15. The minimum atomic E-state index is -2.23. The van der Waals surface area contributed by atoms with Crippen molar-refractivity contribution < 1.29 is 10.2 Å². The maximum Gasteiger partial charge on any atom is 0.210 e. The normalized spacial score (nSPS) is 12.2. The molecule has 146 valence electrons. The van der Waals surface area contributed by atoms with Gasteiger partial charge in [0.1, 0.15) is 0 Å². The Kier molecular flexibility index (Phi) is 16.2. The first-order chi connectivity index (χ1) is 11.5. The van der Waals surface area contributed by atoms with E-state index in [1.165, 1.54) is 83.5 Å². The Balaban J connectivity index is 3.10. The Morgan fingerprint density at radius 2 is 0.917 bits per heavy atom. The first kappa shape index (κ1) is 23.8. The van der Waals surface area contributed by atoms with Crippen molar-refractivity contribution in [1.29, 1.82) is 0 Å². The number of hydrogen-bond acceptors (Lipinski definition) is 4. The molecule has 0 aromatic carbocycles. The van der Waals surface area contributed by atoms with Gasteiger partial charge in [-0.25, -0.2) is 0 Å². The predicted octanol–water partition coefficient (Wildman–Crippen LogP) is 5.71. The molecular weight excluding hydrogens is 302 g/mol. The summed E-state index contributed by atoms with van der Waals surface area (Å²) in [6.07, 6.45) is 20.7. The summed E-state index contributed by atoms with van der Waals surface area (Å²) in [6.45, 7) is 3.57. The molecule has 0 aromatic rings. The molecule has 0 aliphatic carbocycles. The SMILES string of the molecule is CCCCCCCCCCCCCCCCCCN([O-])C(C)(O)O. The number of hydroxylamine groups is 2. The molecule has 0 amide bonds. The number of aliphatic hydroxyl groups is 2. The maximum absolute atomic E-state index is 11.2. The lowest BCUT2D eigenvalue weighted by Gasteiger charge is -2.37. The van der Waals surface area contributed by atoms with E-state index in [0.29, 0.717) is 5.06 Å². The Hall–Kier alpha value is -0.160. The van der Waals surface area contributed by atoms with Gasteiger partial charge in [0.25, 0.3) is 0 Å². The van der Waals surface area contributed by atoms with Crippen LogP contribution in [0.1, 0.15) is 117 Å². The Morgan fingerprint density at radius 1 is 0.625 bits per heavy atom. The molecule has 0 aliphatic rings. The lowest BCUT2D eigenvalue weighted by molar-refractivity contribution is -0.233. The van der Waals surface area contributed by atoms with Crippen LogP contribution in [0.5, 0.6) is 0 Å². The van der Waals surface area contributed by atoms with E-state index in [1.54, 1.807) is 0 Å². The summed E-state index contributed by atoms with van der Waals surface area (Å²) in [5, 5.41) is 29.7. The van der Waals surface area contributed by atoms with E-state index in [0.717, 1.165) is 26.2 Å². The van der Waals surface area contributed by atoms with Crippen molar-refractivity contribution in [3.8, 4) is 0 Å². The minimum absolute atomic E-state index is 0.196. The zero-order valence-electron chi connectivity index (χ0n) is 16.3. The quantitative estimate of drug-likeness (QED) is 0.190. The molecule has 0 bridgehead atoms. The van der Waals surface area contributed by atoms with Gasteiger partial charge in [0.15, 0.2) is 0 Å². The molecule has 0 radical (unpaired) electrons. The second-order valence-corrected chi connectivity index (χ2v) is 7.38. The van der Waals surface area contributed by atoms with Crippen LogP contribution in [0.25, 0.3) is 0 Å². The molecule has 0 atom stereocenters. The molecular formula is C20H42NO3-. The second kappa shape index (κ2) is 16.3. The minimum Gasteiger partial charge on any atom is -0.781 e. The number of hydrogen-bond donors (Lipinski definition) is 2. The molecule has 24 heavy (non-hydrogen) atoms. The van der Waals surface area contributed by atoms with Crippen LogP contribution in [0.15, 0.2) is 0 Å². The molecule has 4 heteroatoms. The summed E-state index contributed by atoms with van der Waals surface area (Å²) in [7, 11) is 0. The molecule has 2 N–H and O–H groups in total. The molecule has 4 nitrogen and oxygen atoms in total. The zero-order chi connectivity index (χ0) is 18.1. The topological polar surface area (TPSA) is 66.8 Å². The van der Waals surface area contributed by atoms with Gasteiger partial charge in [0.2, 0.25) is 5.91 Å². The van der Waals surface area contributed by atoms with E-state index in [9.17, 15) is 5.21 Å². The van der Waals surface area contributed by atoms with Gasteiger partial charge in [0, 0.05) is 6.92 Å². The summed E-state index contributed by atoms with van der Waals surface area (Å²) < 4.78 is 0. The van der Waals surface area contributed by atoms with Crippen molar-refractivity contribution in [3.05, 3.63) is 5.21 Å².